The van der Waals surface area contributed by atoms with E-state index in [1.54, 1.807) is 30.3 Å². The number of amides is 1. The summed E-state index contributed by atoms with van der Waals surface area (Å²) in [4.78, 5) is 34.8. The Kier molecular flexibility index (Phi) is 4.58. The van der Waals surface area contributed by atoms with Crippen LogP contribution in [-0.2, 0) is 4.79 Å². The molecule has 2 aromatic carbocycles. The van der Waals surface area contributed by atoms with Crippen molar-refractivity contribution in [2.45, 2.75) is 13.8 Å². The molecule has 1 amide bonds. The fraction of sp³-hybridized carbons (Fsp3) is 0.150. The highest BCUT2D eigenvalue weighted by Gasteiger charge is 2.11. The number of hydrogen-bond donors (Lipinski definition) is 2. The van der Waals surface area contributed by atoms with E-state index in [-0.39, 0.29) is 5.43 Å². The lowest BCUT2D eigenvalue weighted by Gasteiger charge is -2.07. The molecule has 0 saturated carbocycles. The number of carbonyl (C=O) groups is 2. The number of carboxylic acids is 1. The van der Waals surface area contributed by atoms with Crippen LogP contribution in [0.5, 0.6) is 0 Å². The monoisotopic (exact) mass is 351 g/mol. The largest absolute Gasteiger partial charge is 0.480 e. The summed E-state index contributed by atoms with van der Waals surface area (Å²) in [5.74, 6) is -1.18. The zero-order valence-corrected chi connectivity index (χ0v) is 14.3. The van der Waals surface area contributed by atoms with Crippen molar-refractivity contribution in [3.63, 3.8) is 0 Å². The molecule has 3 rings (SSSR count). The molecule has 1 aromatic heterocycles. The van der Waals surface area contributed by atoms with Crippen LogP contribution in [0.3, 0.4) is 0 Å². The van der Waals surface area contributed by atoms with Crippen LogP contribution in [0.4, 0.5) is 0 Å². The van der Waals surface area contributed by atoms with Gasteiger partial charge in [0.15, 0.2) is 5.43 Å². The molecule has 3 aromatic rings. The molecule has 0 aliphatic carbocycles. The van der Waals surface area contributed by atoms with Gasteiger partial charge < -0.3 is 14.8 Å². The summed E-state index contributed by atoms with van der Waals surface area (Å²) >= 11 is 0. The van der Waals surface area contributed by atoms with Gasteiger partial charge in [0, 0.05) is 17.2 Å². The van der Waals surface area contributed by atoms with Crippen LogP contribution in [0.2, 0.25) is 0 Å². The van der Waals surface area contributed by atoms with Crippen molar-refractivity contribution in [1.82, 2.24) is 5.32 Å². The number of rotatable bonds is 4. The van der Waals surface area contributed by atoms with Gasteiger partial charge in [-0.05, 0) is 43.2 Å². The minimum absolute atomic E-state index is 0.128. The zero-order valence-electron chi connectivity index (χ0n) is 14.3. The predicted octanol–water partition coefficient (Wildman–Crippen LogP) is 2.89. The van der Waals surface area contributed by atoms with E-state index >= 15 is 0 Å². The Hall–Kier alpha value is -3.41. The summed E-state index contributed by atoms with van der Waals surface area (Å²) in [5, 5.41) is 11.4. The molecule has 0 aliphatic rings. The number of benzene rings is 2. The van der Waals surface area contributed by atoms with Gasteiger partial charge in [-0.2, -0.15) is 0 Å². The maximum Gasteiger partial charge on any atom is 0.322 e. The Morgan fingerprint density at radius 2 is 1.77 bits per heavy atom. The molecule has 26 heavy (non-hydrogen) atoms. The summed E-state index contributed by atoms with van der Waals surface area (Å²) in [6.45, 7) is 3.37. The molecule has 0 unspecified atom stereocenters. The molecule has 132 valence electrons. The zero-order chi connectivity index (χ0) is 18.8. The second-order valence-electron chi connectivity index (χ2n) is 6.09. The van der Waals surface area contributed by atoms with Crippen LogP contribution < -0.4 is 10.7 Å². The number of nitrogens with one attached hydrogen (secondary N) is 1. The Balaban J connectivity index is 1.96. The summed E-state index contributed by atoms with van der Waals surface area (Å²) in [5.41, 5.74) is 3.26. The first-order chi connectivity index (χ1) is 12.3. The third kappa shape index (κ3) is 3.49. The Labute approximate surface area is 149 Å². The van der Waals surface area contributed by atoms with Crippen molar-refractivity contribution in [3.05, 3.63) is 69.4 Å². The van der Waals surface area contributed by atoms with Gasteiger partial charge >= 0.3 is 5.97 Å². The molecule has 6 nitrogen and oxygen atoms in total. The minimum Gasteiger partial charge on any atom is -0.480 e. The van der Waals surface area contributed by atoms with E-state index in [2.05, 4.69) is 5.32 Å². The fourth-order valence-electron chi connectivity index (χ4n) is 2.80. The van der Waals surface area contributed by atoms with E-state index in [9.17, 15) is 14.4 Å². The standard InChI is InChI=1S/C20H17NO5/c1-11-7-12(2)19-15(8-11)16(22)9-17(26-19)13-3-5-14(6-4-13)20(25)21-10-18(23)24/h3-9H,10H2,1-2H3,(H,21,25)(H,23,24). The van der Waals surface area contributed by atoms with Gasteiger partial charge in [0.25, 0.3) is 5.91 Å². The van der Waals surface area contributed by atoms with Crippen LogP contribution in [0, 0.1) is 13.8 Å². The highest BCUT2D eigenvalue weighted by molar-refractivity contribution is 5.96. The van der Waals surface area contributed by atoms with Crippen molar-refractivity contribution in [2.24, 2.45) is 0 Å². The van der Waals surface area contributed by atoms with Gasteiger partial charge in [-0.25, -0.2) is 0 Å². The summed E-state index contributed by atoms with van der Waals surface area (Å²) in [6.07, 6.45) is 0. The van der Waals surface area contributed by atoms with Crippen LogP contribution in [0.1, 0.15) is 21.5 Å². The molecule has 0 saturated heterocycles. The smallest absolute Gasteiger partial charge is 0.322 e. The van der Waals surface area contributed by atoms with Crippen molar-refractivity contribution in [1.29, 1.82) is 0 Å². The SMILES string of the molecule is Cc1cc(C)c2oc(-c3ccc(C(=O)NCC(=O)O)cc3)cc(=O)c2c1. The topological polar surface area (TPSA) is 96.6 Å². The molecule has 0 spiro atoms. The predicted molar refractivity (Wildman–Crippen MR) is 97.4 cm³/mol. The van der Waals surface area contributed by atoms with Gasteiger partial charge in [-0.3, -0.25) is 14.4 Å². The van der Waals surface area contributed by atoms with Gasteiger partial charge in [0.1, 0.15) is 17.9 Å². The first-order valence-electron chi connectivity index (χ1n) is 8.00. The molecule has 1 heterocycles. The second-order valence-corrected chi connectivity index (χ2v) is 6.09. The van der Waals surface area contributed by atoms with Crippen molar-refractivity contribution >= 4 is 22.8 Å². The lowest BCUT2D eigenvalue weighted by atomic mass is 10.1. The molecule has 0 atom stereocenters. The highest BCUT2D eigenvalue weighted by Crippen LogP contribution is 2.25. The third-order valence-corrected chi connectivity index (χ3v) is 3.99. The van der Waals surface area contributed by atoms with Crippen molar-refractivity contribution < 1.29 is 19.1 Å². The Bertz CT molecular complexity index is 1060. The Morgan fingerprint density at radius 3 is 2.42 bits per heavy atom. The maximum atomic E-state index is 12.4. The number of aliphatic carboxylic acids is 1. The first-order valence-corrected chi connectivity index (χ1v) is 8.00. The molecule has 0 fully saturated rings. The second kappa shape index (κ2) is 6.84. The van der Waals surface area contributed by atoms with Crippen LogP contribution >= 0.6 is 0 Å². The van der Waals surface area contributed by atoms with Gasteiger partial charge in [0.05, 0.1) is 5.39 Å². The van der Waals surface area contributed by atoms with E-state index in [0.29, 0.717) is 27.9 Å². The number of hydrogen-bond acceptors (Lipinski definition) is 4. The molecular weight excluding hydrogens is 334 g/mol. The van der Waals surface area contributed by atoms with Crippen LogP contribution in [-0.4, -0.2) is 23.5 Å². The van der Waals surface area contributed by atoms with E-state index in [4.69, 9.17) is 9.52 Å². The number of fused-ring (bicyclic) bond motifs is 1. The van der Waals surface area contributed by atoms with E-state index in [1.165, 1.54) is 6.07 Å². The number of aryl methyl sites for hydroxylation is 2. The van der Waals surface area contributed by atoms with E-state index in [0.717, 1.165) is 11.1 Å². The molecule has 6 heteroatoms. The summed E-state index contributed by atoms with van der Waals surface area (Å²) in [7, 11) is 0. The lowest BCUT2D eigenvalue weighted by molar-refractivity contribution is -0.135. The Morgan fingerprint density at radius 1 is 1.08 bits per heavy atom. The average Bonchev–Trinajstić information content (AvgIpc) is 2.60. The fourth-order valence-corrected chi connectivity index (χ4v) is 2.80. The highest BCUT2D eigenvalue weighted by atomic mass is 16.4. The molecular formula is C20H17NO5. The molecule has 2 N–H and O–H groups in total. The van der Waals surface area contributed by atoms with Gasteiger partial charge in [-0.1, -0.05) is 18.2 Å². The van der Waals surface area contributed by atoms with Gasteiger partial charge in [-0.15, -0.1) is 0 Å². The number of carboxylic acid groups (broad SMARTS) is 1. The van der Waals surface area contributed by atoms with E-state index < -0.39 is 18.4 Å². The number of carbonyl (C=O) groups excluding carboxylic acids is 1. The summed E-state index contributed by atoms with van der Waals surface area (Å²) < 4.78 is 5.92. The lowest BCUT2D eigenvalue weighted by Crippen LogP contribution is -2.29. The van der Waals surface area contributed by atoms with Crippen molar-refractivity contribution in [3.8, 4) is 11.3 Å². The van der Waals surface area contributed by atoms with E-state index in [1.807, 2.05) is 19.9 Å². The van der Waals surface area contributed by atoms with Crippen LogP contribution in [0.25, 0.3) is 22.3 Å². The maximum absolute atomic E-state index is 12.4. The third-order valence-electron chi connectivity index (χ3n) is 3.99. The average molecular weight is 351 g/mol. The van der Waals surface area contributed by atoms with Crippen LogP contribution in [0.15, 0.2) is 51.7 Å². The quantitative estimate of drug-likeness (QED) is 0.753. The minimum atomic E-state index is -1.11. The first kappa shape index (κ1) is 17.4. The molecule has 0 radical (unpaired) electrons. The summed E-state index contributed by atoms with van der Waals surface area (Å²) in [6, 6.07) is 11.6. The molecule has 0 bridgehead atoms. The molecule has 0 aliphatic heterocycles. The van der Waals surface area contributed by atoms with Crippen molar-refractivity contribution in [2.75, 3.05) is 6.54 Å². The normalized spacial score (nSPS) is 10.7. The van der Waals surface area contributed by atoms with Gasteiger partial charge in [0.2, 0.25) is 0 Å².